The molecule has 0 N–H and O–H groups in total. The molecule has 62 valence electrons. The first-order valence-corrected chi connectivity index (χ1v) is 4.48. The van der Waals surface area contributed by atoms with Crippen LogP contribution in [0, 0.1) is 11.3 Å². The Morgan fingerprint density at radius 1 is 1.45 bits per heavy atom. The standard InChI is InChI=1S/C10H16O/c1-10(2)7-11-9-6-4-3-5-8(9)10/h3,5,8-9H,4,6-7H2,1-2H3/t8-,9+/m1/s1. The van der Waals surface area contributed by atoms with Gasteiger partial charge in [-0.1, -0.05) is 26.0 Å². The molecule has 2 aliphatic rings. The van der Waals surface area contributed by atoms with Crippen LogP contribution in [0.4, 0.5) is 0 Å². The van der Waals surface area contributed by atoms with E-state index >= 15 is 0 Å². The Kier molecular flexibility index (Phi) is 1.57. The fourth-order valence-corrected chi connectivity index (χ4v) is 2.18. The van der Waals surface area contributed by atoms with Crippen LogP contribution < -0.4 is 0 Å². The molecule has 0 unspecified atom stereocenters. The van der Waals surface area contributed by atoms with Crippen molar-refractivity contribution in [1.82, 2.24) is 0 Å². The van der Waals surface area contributed by atoms with Crippen LogP contribution in [-0.2, 0) is 4.74 Å². The summed E-state index contributed by atoms with van der Waals surface area (Å²) in [6, 6.07) is 0. The lowest BCUT2D eigenvalue weighted by Gasteiger charge is -2.27. The molecule has 2 rings (SSSR count). The Bertz CT molecular complexity index is 181. The molecule has 0 amide bonds. The number of hydrogen-bond donors (Lipinski definition) is 0. The summed E-state index contributed by atoms with van der Waals surface area (Å²) in [7, 11) is 0. The highest BCUT2D eigenvalue weighted by Gasteiger charge is 2.41. The summed E-state index contributed by atoms with van der Waals surface area (Å²) in [4.78, 5) is 0. The summed E-state index contributed by atoms with van der Waals surface area (Å²) in [6.45, 7) is 5.54. The molecular formula is C10H16O. The second kappa shape index (κ2) is 2.34. The van der Waals surface area contributed by atoms with Crippen molar-refractivity contribution >= 4 is 0 Å². The Labute approximate surface area is 68.4 Å². The van der Waals surface area contributed by atoms with Gasteiger partial charge in [0.1, 0.15) is 0 Å². The predicted molar refractivity (Wildman–Crippen MR) is 45.4 cm³/mol. The van der Waals surface area contributed by atoms with Crippen molar-refractivity contribution in [2.45, 2.75) is 32.8 Å². The summed E-state index contributed by atoms with van der Waals surface area (Å²) in [6.07, 6.45) is 7.61. The second-order valence-electron chi connectivity index (χ2n) is 4.37. The second-order valence-corrected chi connectivity index (χ2v) is 4.37. The fourth-order valence-electron chi connectivity index (χ4n) is 2.18. The molecule has 0 aromatic carbocycles. The predicted octanol–water partition coefficient (Wildman–Crippen LogP) is 2.38. The van der Waals surface area contributed by atoms with E-state index in [1.54, 1.807) is 0 Å². The van der Waals surface area contributed by atoms with Gasteiger partial charge in [0, 0.05) is 5.92 Å². The zero-order valence-corrected chi connectivity index (χ0v) is 7.34. The highest BCUT2D eigenvalue weighted by atomic mass is 16.5. The third kappa shape index (κ3) is 1.12. The molecule has 1 saturated heterocycles. The topological polar surface area (TPSA) is 9.23 Å². The lowest BCUT2D eigenvalue weighted by molar-refractivity contribution is 0.0863. The van der Waals surface area contributed by atoms with Gasteiger partial charge in [0.25, 0.3) is 0 Å². The van der Waals surface area contributed by atoms with Gasteiger partial charge in [-0.3, -0.25) is 0 Å². The molecule has 2 atom stereocenters. The Balaban J connectivity index is 2.21. The molecule has 11 heavy (non-hydrogen) atoms. The van der Waals surface area contributed by atoms with E-state index in [1.807, 2.05) is 0 Å². The maximum atomic E-state index is 5.72. The largest absolute Gasteiger partial charge is 0.377 e. The van der Waals surface area contributed by atoms with Gasteiger partial charge in [0.05, 0.1) is 12.7 Å². The summed E-state index contributed by atoms with van der Waals surface area (Å²) >= 11 is 0. The minimum atomic E-state index is 0.377. The van der Waals surface area contributed by atoms with Gasteiger partial charge < -0.3 is 4.74 Å². The average Bonchev–Trinajstić information content (AvgIpc) is 2.29. The van der Waals surface area contributed by atoms with E-state index in [4.69, 9.17) is 4.74 Å². The van der Waals surface area contributed by atoms with Crippen LogP contribution >= 0.6 is 0 Å². The number of fused-ring (bicyclic) bond motifs is 1. The van der Waals surface area contributed by atoms with Crippen molar-refractivity contribution in [2.24, 2.45) is 11.3 Å². The van der Waals surface area contributed by atoms with Crippen LogP contribution in [0.1, 0.15) is 26.7 Å². The Morgan fingerprint density at radius 2 is 2.27 bits per heavy atom. The first-order chi connectivity index (χ1) is 5.20. The van der Waals surface area contributed by atoms with E-state index in [0.29, 0.717) is 17.4 Å². The summed E-state index contributed by atoms with van der Waals surface area (Å²) < 4.78 is 5.72. The van der Waals surface area contributed by atoms with Crippen LogP contribution in [0.25, 0.3) is 0 Å². The van der Waals surface area contributed by atoms with Crippen LogP contribution in [0.2, 0.25) is 0 Å². The zero-order chi connectivity index (χ0) is 7.90. The van der Waals surface area contributed by atoms with Gasteiger partial charge in [0.2, 0.25) is 0 Å². The molecule has 1 heteroatoms. The van der Waals surface area contributed by atoms with Crippen LogP contribution in [0.5, 0.6) is 0 Å². The SMILES string of the molecule is CC1(C)CO[C@H]2CCC=C[C@H]21. The Morgan fingerprint density at radius 3 is 3.00 bits per heavy atom. The lowest BCUT2D eigenvalue weighted by Crippen LogP contribution is -2.26. The Hall–Kier alpha value is -0.300. The van der Waals surface area contributed by atoms with Crippen molar-refractivity contribution < 1.29 is 4.74 Å². The molecule has 0 bridgehead atoms. The van der Waals surface area contributed by atoms with Gasteiger partial charge in [-0.15, -0.1) is 0 Å². The molecule has 1 heterocycles. The minimum Gasteiger partial charge on any atom is -0.377 e. The van der Waals surface area contributed by atoms with Gasteiger partial charge in [-0.05, 0) is 18.3 Å². The average molecular weight is 152 g/mol. The lowest BCUT2D eigenvalue weighted by atomic mass is 9.76. The molecule has 0 saturated carbocycles. The van der Waals surface area contributed by atoms with E-state index in [-0.39, 0.29) is 0 Å². The van der Waals surface area contributed by atoms with Crippen molar-refractivity contribution in [3.05, 3.63) is 12.2 Å². The van der Waals surface area contributed by atoms with E-state index in [2.05, 4.69) is 26.0 Å². The molecule has 0 aromatic rings. The maximum absolute atomic E-state index is 5.72. The summed E-state index contributed by atoms with van der Waals surface area (Å²) in [5, 5.41) is 0. The first kappa shape index (κ1) is 7.35. The number of hydrogen-bond acceptors (Lipinski definition) is 1. The van der Waals surface area contributed by atoms with Crippen molar-refractivity contribution in [2.75, 3.05) is 6.61 Å². The van der Waals surface area contributed by atoms with Gasteiger partial charge in [0.15, 0.2) is 0 Å². The molecule has 1 fully saturated rings. The molecular weight excluding hydrogens is 136 g/mol. The summed E-state index contributed by atoms with van der Waals surface area (Å²) in [5.41, 5.74) is 0.377. The van der Waals surface area contributed by atoms with Gasteiger partial charge in [-0.25, -0.2) is 0 Å². The van der Waals surface area contributed by atoms with E-state index < -0.39 is 0 Å². The zero-order valence-electron chi connectivity index (χ0n) is 7.34. The molecule has 0 aromatic heterocycles. The van der Waals surface area contributed by atoms with E-state index in [9.17, 15) is 0 Å². The maximum Gasteiger partial charge on any atom is 0.0646 e. The number of ether oxygens (including phenoxy) is 1. The van der Waals surface area contributed by atoms with Crippen LogP contribution in [0.15, 0.2) is 12.2 Å². The fraction of sp³-hybridized carbons (Fsp3) is 0.800. The minimum absolute atomic E-state index is 0.377. The van der Waals surface area contributed by atoms with E-state index in [0.717, 1.165) is 6.61 Å². The third-order valence-electron chi connectivity index (χ3n) is 2.93. The summed E-state index contributed by atoms with van der Waals surface area (Å²) in [5.74, 6) is 0.677. The number of rotatable bonds is 0. The van der Waals surface area contributed by atoms with Crippen LogP contribution in [-0.4, -0.2) is 12.7 Å². The van der Waals surface area contributed by atoms with Crippen molar-refractivity contribution in [3.8, 4) is 0 Å². The highest BCUT2D eigenvalue weighted by Crippen LogP contribution is 2.42. The third-order valence-corrected chi connectivity index (χ3v) is 2.93. The van der Waals surface area contributed by atoms with Gasteiger partial charge in [-0.2, -0.15) is 0 Å². The monoisotopic (exact) mass is 152 g/mol. The van der Waals surface area contributed by atoms with Crippen LogP contribution in [0.3, 0.4) is 0 Å². The van der Waals surface area contributed by atoms with Gasteiger partial charge >= 0.3 is 0 Å². The number of allylic oxidation sites excluding steroid dienone is 1. The first-order valence-electron chi connectivity index (χ1n) is 4.48. The normalized spacial score (nSPS) is 40.5. The highest BCUT2D eigenvalue weighted by molar-refractivity contribution is 5.06. The molecule has 0 radical (unpaired) electrons. The molecule has 1 nitrogen and oxygen atoms in total. The molecule has 1 aliphatic heterocycles. The molecule has 1 aliphatic carbocycles. The smallest absolute Gasteiger partial charge is 0.0646 e. The van der Waals surface area contributed by atoms with Crippen molar-refractivity contribution in [1.29, 1.82) is 0 Å². The van der Waals surface area contributed by atoms with Crippen molar-refractivity contribution in [3.63, 3.8) is 0 Å². The molecule has 0 spiro atoms. The quantitative estimate of drug-likeness (QED) is 0.484. The van der Waals surface area contributed by atoms with E-state index in [1.165, 1.54) is 12.8 Å².